The van der Waals surface area contributed by atoms with Crippen molar-refractivity contribution in [3.63, 3.8) is 0 Å². The van der Waals surface area contributed by atoms with E-state index in [1.54, 1.807) is 0 Å². The van der Waals surface area contributed by atoms with Crippen molar-refractivity contribution < 1.29 is 9.59 Å². The fourth-order valence-electron chi connectivity index (χ4n) is 5.08. The molecule has 5 heteroatoms. The zero-order valence-electron chi connectivity index (χ0n) is 17.2. The van der Waals surface area contributed by atoms with Crippen LogP contribution in [0.25, 0.3) is 11.0 Å². The summed E-state index contributed by atoms with van der Waals surface area (Å²) < 4.78 is 2.03. The molecule has 1 aliphatic carbocycles. The number of nitrogens with zero attached hydrogens (tertiary/aromatic N) is 3. The highest BCUT2D eigenvalue weighted by Crippen LogP contribution is 2.34. The maximum absolute atomic E-state index is 13.0. The molecule has 3 aromatic rings. The molecule has 0 bridgehead atoms. The lowest BCUT2D eigenvalue weighted by Gasteiger charge is -2.31. The molecule has 1 aliphatic heterocycles. The molecule has 5 rings (SSSR count). The Morgan fingerprint density at radius 1 is 0.967 bits per heavy atom. The van der Waals surface area contributed by atoms with Crippen molar-refractivity contribution in [1.82, 2.24) is 14.5 Å². The summed E-state index contributed by atoms with van der Waals surface area (Å²) in [5.74, 6) is 1.20. The van der Waals surface area contributed by atoms with E-state index in [-0.39, 0.29) is 24.2 Å². The van der Waals surface area contributed by atoms with Crippen LogP contribution in [-0.2, 0) is 11.3 Å². The van der Waals surface area contributed by atoms with Gasteiger partial charge in [-0.3, -0.25) is 9.59 Å². The van der Waals surface area contributed by atoms with Gasteiger partial charge in [0.1, 0.15) is 5.82 Å². The number of amides is 1. The van der Waals surface area contributed by atoms with Crippen LogP contribution in [0.3, 0.4) is 0 Å². The van der Waals surface area contributed by atoms with Gasteiger partial charge in [-0.1, -0.05) is 61.7 Å². The highest BCUT2D eigenvalue weighted by atomic mass is 16.2. The number of ketones is 1. The van der Waals surface area contributed by atoms with Crippen molar-refractivity contribution in [1.29, 1.82) is 0 Å². The van der Waals surface area contributed by atoms with Crippen LogP contribution < -0.4 is 0 Å². The first-order valence-corrected chi connectivity index (χ1v) is 11.0. The molecule has 1 saturated carbocycles. The molecular weight excluding hydrogens is 374 g/mol. The lowest BCUT2D eigenvalue weighted by Crippen LogP contribution is -2.37. The second kappa shape index (κ2) is 8.05. The largest absolute Gasteiger partial charge is 0.339 e. The third kappa shape index (κ3) is 3.53. The summed E-state index contributed by atoms with van der Waals surface area (Å²) in [5, 5.41) is 0. The number of aromatic nitrogens is 2. The van der Waals surface area contributed by atoms with Crippen molar-refractivity contribution in [2.75, 3.05) is 6.54 Å². The SMILES string of the molecule is O=C(Cn1c(C2CC(=O)N(C3CCCCC3)C2)nc2ccccc21)c1ccccc1. The van der Waals surface area contributed by atoms with Crippen LogP contribution in [0.5, 0.6) is 0 Å². The summed E-state index contributed by atoms with van der Waals surface area (Å²) in [6.07, 6.45) is 6.41. The van der Waals surface area contributed by atoms with Crippen LogP contribution in [0.2, 0.25) is 0 Å². The number of benzene rings is 2. The summed E-state index contributed by atoms with van der Waals surface area (Å²) in [7, 11) is 0. The van der Waals surface area contributed by atoms with Crippen molar-refractivity contribution in [3.8, 4) is 0 Å². The normalized spacial score (nSPS) is 20.2. The van der Waals surface area contributed by atoms with E-state index >= 15 is 0 Å². The van der Waals surface area contributed by atoms with Gasteiger partial charge in [0, 0.05) is 30.5 Å². The molecule has 0 N–H and O–H groups in total. The fourth-order valence-corrected chi connectivity index (χ4v) is 5.08. The minimum Gasteiger partial charge on any atom is -0.339 e. The van der Waals surface area contributed by atoms with E-state index in [1.807, 2.05) is 59.2 Å². The van der Waals surface area contributed by atoms with E-state index in [9.17, 15) is 9.59 Å². The van der Waals surface area contributed by atoms with Gasteiger partial charge in [-0.05, 0) is 25.0 Å². The highest BCUT2D eigenvalue weighted by Gasteiger charge is 2.38. The monoisotopic (exact) mass is 401 g/mol. The number of carbonyl (C=O) groups is 2. The molecular formula is C25H27N3O2. The molecule has 154 valence electrons. The molecule has 2 aromatic carbocycles. The van der Waals surface area contributed by atoms with E-state index < -0.39 is 0 Å². The first kappa shape index (κ1) is 19.0. The van der Waals surface area contributed by atoms with Gasteiger partial charge in [0.15, 0.2) is 5.78 Å². The van der Waals surface area contributed by atoms with E-state index in [4.69, 9.17) is 4.98 Å². The second-order valence-corrected chi connectivity index (χ2v) is 8.57. The zero-order valence-corrected chi connectivity index (χ0v) is 17.2. The highest BCUT2D eigenvalue weighted by molar-refractivity contribution is 5.96. The lowest BCUT2D eigenvalue weighted by atomic mass is 9.94. The molecule has 1 saturated heterocycles. The van der Waals surface area contributed by atoms with Crippen LogP contribution in [0.1, 0.15) is 60.6 Å². The number of fused-ring (bicyclic) bond motifs is 1. The summed E-state index contributed by atoms with van der Waals surface area (Å²) in [5.41, 5.74) is 2.55. The predicted octanol–water partition coefficient (Wildman–Crippen LogP) is 4.57. The number of rotatable bonds is 5. The van der Waals surface area contributed by atoms with Crippen LogP contribution in [0, 0.1) is 0 Å². The Bertz CT molecular complexity index is 1070. The smallest absolute Gasteiger partial charge is 0.223 e. The Hall–Kier alpha value is -2.95. The number of carbonyl (C=O) groups excluding carboxylic acids is 2. The zero-order chi connectivity index (χ0) is 20.5. The standard InChI is InChI=1S/C25H27N3O2/c29-23(18-9-3-1-4-10-18)17-28-22-14-8-7-13-21(22)26-25(28)19-15-24(30)27(16-19)20-11-5-2-6-12-20/h1,3-4,7-10,13-14,19-20H,2,5-6,11-12,15-17H2. The minimum absolute atomic E-state index is 0.0374. The number of likely N-dealkylation sites (tertiary alicyclic amines) is 1. The van der Waals surface area contributed by atoms with Gasteiger partial charge in [-0.25, -0.2) is 4.98 Å². The van der Waals surface area contributed by atoms with Crippen LogP contribution in [0.4, 0.5) is 0 Å². The van der Waals surface area contributed by atoms with Gasteiger partial charge in [-0.2, -0.15) is 0 Å². The van der Waals surface area contributed by atoms with Crippen molar-refractivity contribution in [2.24, 2.45) is 0 Å². The van der Waals surface area contributed by atoms with Crippen LogP contribution >= 0.6 is 0 Å². The van der Waals surface area contributed by atoms with E-state index in [0.717, 1.165) is 29.7 Å². The second-order valence-electron chi connectivity index (χ2n) is 8.57. The first-order chi connectivity index (χ1) is 14.7. The topological polar surface area (TPSA) is 55.2 Å². The van der Waals surface area contributed by atoms with Crippen molar-refractivity contribution in [2.45, 2.75) is 57.0 Å². The molecule has 2 fully saturated rings. The first-order valence-electron chi connectivity index (χ1n) is 11.0. The molecule has 2 aliphatic rings. The predicted molar refractivity (Wildman–Crippen MR) is 116 cm³/mol. The summed E-state index contributed by atoms with van der Waals surface area (Å²) >= 11 is 0. The Kier molecular flexibility index (Phi) is 5.11. The summed E-state index contributed by atoms with van der Waals surface area (Å²) in [6.45, 7) is 0.959. The van der Waals surface area contributed by atoms with E-state index in [2.05, 4.69) is 4.90 Å². The van der Waals surface area contributed by atoms with Crippen molar-refractivity contribution in [3.05, 3.63) is 66.0 Å². The number of imidazole rings is 1. The molecule has 5 nitrogen and oxygen atoms in total. The summed E-state index contributed by atoms with van der Waals surface area (Å²) in [6, 6.07) is 17.7. The molecule has 0 radical (unpaired) electrons. The third-order valence-electron chi connectivity index (χ3n) is 6.62. The quantitative estimate of drug-likeness (QED) is 0.589. The summed E-state index contributed by atoms with van der Waals surface area (Å²) in [4.78, 5) is 32.8. The van der Waals surface area contributed by atoms with E-state index in [0.29, 0.717) is 24.6 Å². The van der Waals surface area contributed by atoms with Gasteiger partial charge >= 0.3 is 0 Å². The Labute approximate surface area is 176 Å². The van der Waals surface area contributed by atoms with E-state index in [1.165, 1.54) is 19.3 Å². The van der Waals surface area contributed by atoms with Gasteiger partial charge in [0.05, 0.1) is 17.6 Å². The number of para-hydroxylation sites is 2. The molecule has 1 aromatic heterocycles. The Morgan fingerprint density at radius 2 is 1.70 bits per heavy atom. The van der Waals surface area contributed by atoms with Gasteiger partial charge in [0.2, 0.25) is 5.91 Å². The molecule has 1 atom stereocenters. The average molecular weight is 402 g/mol. The van der Waals surface area contributed by atoms with Crippen LogP contribution in [0.15, 0.2) is 54.6 Å². The fraction of sp³-hybridized carbons (Fsp3) is 0.400. The molecule has 2 heterocycles. The van der Waals surface area contributed by atoms with Gasteiger partial charge in [-0.15, -0.1) is 0 Å². The number of hydrogen-bond donors (Lipinski definition) is 0. The van der Waals surface area contributed by atoms with Gasteiger partial charge < -0.3 is 9.47 Å². The lowest BCUT2D eigenvalue weighted by molar-refractivity contribution is -0.130. The molecule has 1 amide bonds. The Balaban J connectivity index is 1.46. The maximum atomic E-state index is 13.0. The van der Waals surface area contributed by atoms with Crippen LogP contribution in [-0.4, -0.2) is 38.7 Å². The maximum Gasteiger partial charge on any atom is 0.223 e. The molecule has 30 heavy (non-hydrogen) atoms. The van der Waals surface area contributed by atoms with Crippen molar-refractivity contribution >= 4 is 22.7 Å². The average Bonchev–Trinajstić information content (AvgIpc) is 3.35. The number of Topliss-reactive ketones (excluding diaryl/α,β-unsaturated/α-hetero) is 1. The Morgan fingerprint density at radius 3 is 2.50 bits per heavy atom. The number of hydrogen-bond acceptors (Lipinski definition) is 3. The minimum atomic E-state index is 0.0374. The molecule has 0 spiro atoms. The van der Waals surface area contributed by atoms with Gasteiger partial charge in [0.25, 0.3) is 0 Å². The molecule has 1 unspecified atom stereocenters. The third-order valence-corrected chi connectivity index (χ3v) is 6.62.